The molecule has 8 fully saturated rings. The van der Waals surface area contributed by atoms with Crippen molar-refractivity contribution in [2.75, 3.05) is 0 Å². The number of alkyl carbamates (subject to hydrolysis) is 1. The van der Waals surface area contributed by atoms with E-state index in [4.69, 9.17) is 14.0 Å². The van der Waals surface area contributed by atoms with Gasteiger partial charge < -0.3 is 9.47 Å². The lowest BCUT2D eigenvalue weighted by Crippen LogP contribution is -2.53. The Morgan fingerprint density at radius 2 is 1.28 bits per heavy atom. The second-order valence-corrected chi connectivity index (χ2v) is 15.4. The van der Waals surface area contributed by atoms with Crippen LogP contribution in [0, 0.1) is 35.5 Å². The smallest absolute Gasteiger partial charge is 0.459 e. The molecule has 0 spiro atoms. The Bertz CT molecular complexity index is 1050. The first-order valence-electron chi connectivity index (χ1n) is 15.2. The summed E-state index contributed by atoms with van der Waals surface area (Å²) in [6.07, 6.45) is 12.3. The van der Waals surface area contributed by atoms with Crippen LogP contribution < -0.4 is 5.32 Å². The van der Waals surface area contributed by atoms with Crippen molar-refractivity contribution in [2.45, 2.75) is 107 Å². The Balaban J connectivity index is 1.03. The molecule has 1 N–H and O–H groups in total. The highest BCUT2D eigenvalue weighted by Crippen LogP contribution is 2.60. The molecule has 1 aromatic rings. The van der Waals surface area contributed by atoms with Crippen LogP contribution in [0.25, 0.3) is 0 Å². The van der Waals surface area contributed by atoms with Crippen molar-refractivity contribution in [1.29, 1.82) is 0 Å². The van der Waals surface area contributed by atoms with Gasteiger partial charge in [0.25, 0.3) is 5.78 Å². The molecule has 0 heterocycles. The van der Waals surface area contributed by atoms with Gasteiger partial charge in [0.1, 0.15) is 24.2 Å². The molecule has 0 saturated heterocycles. The molecular weight excluding hydrogens is 513 g/mol. The summed E-state index contributed by atoms with van der Waals surface area (Å²) in [5.41, 5.74) is 0.0934. The minimum absolute atomic E-state index is 0.101. The number of nitrogens with one attached hydrogen (secondary N) is 1. The van der Waals surface area contributed by atoms with Gasteiger partial charge in [-0.2, -0.15) is 0 Å². The lowest BCUT2D eigenvalue weighted by Gasteiger charge is -2.55. The predicted molar refractivity (Wildman–Crippen MR) is 145 cm³/mol. The third-order valence-corrected chi connectivity index (χ3v) is 12.1. The molecule has 0 aromatic heterocycles. The summed E-state index contributed by atoms with van der Waals surface area (Å²) < 4.78 is 31.8. The van der Waals surface area contributed by atoms with Crippen LogP contribution in [-0.2, 0) is 30.0 Å². The Morgan fingerprint density at radius 1 is 0.795 bits per heavy atom. The first-order chi connectivity index (χ1) is 18.8. The number of benzene rings is 1. The monoisotopic (exact) mass is 554 g/mol. The van der Waals surface area contributed by atoms with E-state index in [1.807, 2.05) is 30.3 Å². The lowest BCUT2D eigenvalue weighted by atomic mass is 9.54. The standard InChI is InChI=1S/C31H40NO6P/c33-28(37-30-13-21-6-22(14-30)8-23(7-21)15-30)12-27(32-29(34)36-19-20-4-2-1-3-5-20)39(35)38-31-16-24-9-25(17-31)11-26(10-24)18-31/h1-5,21-27H,6-19H2/p+1. The summed E-state index contributed by atoms with van der Waals surface area (Å²) in [6.45, 7) is 0.101. The maximum Gasteiger partial charge on any atom is 0.534 e. The average Bonchev–Trinajstić information content (AvgIpc) is 2.85. The first-order valence-corrected chi connectivity index (χ1v) is 16.4. The summed E-state index contributed by atoms with van der Waals surface area (Å²) in [5.74, 6) is 2.53. The van der Waals surface area contributed by atoms with Crippen LogP contribution >= 0.6 is 8.03 Å². The Morgan fingerprint density at radius 3 is 1.79 bits per heavy atom. The maximum atomic E-state index is 13.8. The number of amides is 1. The zero-order valence-corrected chi connectivity index (χ0v) is 23.6. The predicted octanol–water partition coefficient (Wildman–Crippen LogP) is 6.87. The number of ether oxygens (including phenoxy) is 2. The molecule has 8 heteroatoms. The third kappa shape index (κ3) is 5.51. The van der Waals surface area contributed by atoms with Gasteiger partial charge in [0, 0.05) is 0 Å². The molecule has 1 aromatic carbocycles. The second-order valence-electron chi connectivity index (χ2n) is 14.0. The van der Waals surface area contributed by atoms with Crippen LogP contribution in [0.5, 0.6) is 0 Å². The summed E-state index contributed by atoms with van der Waals surface area (Å²) in [6, 6.07) is 9.43. The molecule has 8 aliphatic rings. The zero-order valence-electron chi connectivity index (χ0n) is 22.7. The SMILES string of the molecule is O=C(CC(NC(=O)OCc1ccccc1)[P+](=O)OC12CC3CC(CC(C3)C1)C2)OC12CC3CC(CC(C3)C1)C2. The van der Waals surface area contributed by atoms with Gasteiger partial charge in [-0.05, 0) is 123 Å². The minimum Gasteiger partial charge on any atom is -0.459 e. The number of hydrogen-bond acceptors (Lipinski definition) is 6. The van der Waals surface area contributed by atoms with E-state index in [0.29, 0.717) is 35.5 Å². The molecule has 2 atom stereocenters. The summed E-state index contributed by atoms with van der Waals surface area (Å²) in [4.78, 5) is 26.2. The molecule has 2 unspecified atom stereocenters. The fourth-order valence-corrected chi connectivity index (χ4v) is 11.3. The highest BCUT2D eigenvalue weighted by Gasteiger charge is 2.58. The van der Waals surface area contributed by atoms with Crippen molar-refractivity contribution in [3.05, 3.63) is 35.9 Å². The fourth-order valence-electron chi connectivity index (χ4n) is 10.1. The van der Waals surface area contributed by atoms with Crippen LogP contribution in [0.3, 0.4) is 0 Å². The molecule has 8 aliphatic carbocycles. The minimum atomic E-state index is -2.34. The van der Waals surface area contributed by atoms with Gasteiger partial charge in [0.05, 0.1) is 0 Å². The molecule has 39 heavy (non-hydrogen) atoms. The average molecular weight is 555 g/mol. The van der Waals surface area contributed by atoms with Crippen molar-refractivity contribution in [3.63, 3.8) is 0 Å². The van der Waals surface area contributed by atoms with E-state index in [1.54, 1.807) is 0 Å². The van der Waals surface area contributed by atoms with Crippen LogP contribution in [-0.4, -0.2) is 29.0 Å². The summed E-state index contributed by atoms with van der Waals surface area (Å²) >= 11 is 0. The van der Waals surface area contributed by atoms with Gasteiger partial charge in [-0.3, -0.25) is 10.1 Å². The van der Waals surface area contributed by atoms with E-state index in [2.05, 4.69) is 5.32 Å². The van der Waals surface area contributed by atoms with Gasteiger partial charge in [-0.15, -0.1) is 4.52 Å². The number of carbonyl (C=O) groups is 2. The van der Waals surface area contributed by atoms with Crippen LogP contribution in [0.1, 0.15) is 89.0 Å². The van der Waals surface area contributed by atoms with E-state index in [0.717, 1.165) is 44.1 Å². The van der Waals surface area contributed by atoms with Crippen LogP contribution in [0.2, 0.25) is 0 Å². The molecule has 1 amide bonds. The normalized spacial score (nSPS) is 40.3. The van der Waals surface area contributed by atoms with Crippen LogP contribution in [0.15, 0.2) is 30.3 Å². The number of rotatable bonds is 9. The second kappa shape index (κ2) is 10.1. The van der Waals surface area contributed by atoms with Gasteiger partial charge in [0.2, 0.25) is 0 Å². The molecule has 8 bridgehead atoms. The first kappa shape index (κ1) is 26.0. The van der Waals surface area contributed by atoms with E-state index < -0.39 is 19.9 Å². The molecule has 0 radical (unpaired) electrons. The highest BCUT2D eigenvalue weighted by atomic mass is 31.1. The van der Waals surface area contributed by atoms with Crippen molar-refractivity contribution < 1.29 is 28.2 Å². The molecule has 0 aliphatic heterocycles. The van der Waals surface area contributed by atoms with E-state index in [1.165, 1.54) is 38.5 Å². The largest absolute Gasteiger partial charge is 0.534 e. The van der Waals surface area contributed by atoms with Gasteiger partial charge >= 0.3 is 20.1 Å². The third-order valence-electron chi connectivity index (χ3n) is 10.7. The number of carbonyl (C=O) groups excluding carboxylic acids is 2. The summed E-state index contributed by atoms with van der Waals surface area (Å²) in [5, 5.41) is 2.74. The number of hydrogen-bond donors (Lipinski definition) is 1. The fraction of sp³-hybridized carbons (Fsp3) is 0.742. The Labute approximate surface area is 232 Å². The van der Waals surface area contributed by atoms with Crippen molar-refractivity contribution in [1.82, 2.24) is 5.32 Å². The van der Waals surface area contributed by atoms with Crippen molar-refractivity contribution in [3.8, 4) is 0 Å². The van der Waals surface area contributed by atoms with Crippen LogP contribution in [0.4, 0.5) is 4.79 Å². The van der Waals surface area contributed by atoms with Gasteiger partial charge in [0.15, 0.2) is 0 Å². The maximum absolute atomic E-state index is 13.8. The Kier molecular flexibility index (Phi) is 6.74. The van der Waals surface area contributed by atoms with Crippen molar-refractivity contribution >= 4 is 20.1 Å². The Hall–Kier alpha value is -1.98. The quantitative estimate of drug-likeness (QED) is 0.265. The zero-order chi connectivity index (χ0) is 26.6. The molecule has 8 saturated carbocycles. The lowest BCUT2D eigenvalue weighted by molar-refractivity contribution is -0.186. The highest BCUT2D eigenvalue weighted by molar-refractivity contribution is 7.40. The van der Waals surface area contributed by atoms with E-state index in [9.17, 15) is 14.2 Å². The molecular formula is C31H41NO6P+. The van der Waals surface area contributed by atoms with Gasteiger partial charge in [-0.1, -0.05) is 30.3 Å². The number of esters is 1. The topological polar surface area (TPSA) is 90.9 Å². The molecule has 7 nitrogen and oxygen atoms in total. The molecule has 9 rings (SSSR count). The van der Waals surface area contributed by atoms with E-state index in [-0.39, 0.29) is 30.2 Å². The molecule has 210 valence electrons. The van der Waals surface area contributed by atoms with E-state index >= 15 is 0 Å². The summed E-state index contributed by atoms with van der Waals surface area (Å²) in [7, 11) is -2.34. The van der Waals surface area contributed by atoms with Gasteiger partial charge in [-0.25, -0.2) is 4.79 Å². The van der Waals surface area contributed by atoms with Crippen molar-refractivity contribution in [2.24, 2.45) is 35.5 Å².